The molecule has 3 aromatic rings. The molecule has 0 heterocycles. The van der Waals surface area contributed by atoms with Crippen LogP contribution < -0.4 is 14.2 Å². The number of rotatable bonds is 8. The van der Waals surface area contributed by atoms with Crippen molar-refractivity contribution in [2.24, 2.45) is 0 Å². The molecule has 6 heteroatoms. The summed E-state index contributed by atoms with van der Waals surface area (Å²) in [5, 5.41) is 2.22. The third kappa shape index (κ3) is 4.53. The zero-order valence-electron chi connectivity index (χ0n) is 14.5. The second-order valence-electron chi connectivity index (χ2n) is 5.66. The van der Waals surface area contributed by atoms with Gasteiger partial charge in [0.2, 0.25) is 10.0 Å². The third-order valence-corrected chi connectivity index (χ3v) is 5.31. The highest BCUT2D eigenvalue weighted by molar-refractivity contribution is 7.89. The Morgan fingerprint density at radius 3 is 2.27 bits per heavy atom. The summed E-state index contributed by atoms with van der Waals surface area (Å²) in [5.41, 5.74) is 0. The van der Waals surface area contributed by atoms with E-state index in [9.17, 15) is 8.42 Å². The van der Waals surface area contributed by atoms with Gasteiger partial charge in [-0.2, -0.15) is 0 Å². The molecule has 0 amide bonds. The lowest BCUT2D eigenvalue weighted by atomic mass is 10.1. The van der Waals surface area contributed by atoms with Crippen molar-refractivity contribution in [2.75, 3.05) is 19.8 Å². The van der Waals surface area contributed by atoms with Crippen LogP contribution in [0.2, 0.25) is 0 Å². The van der Waals surface area contributed by atoms with Gasteiger partial charge in [0.1, 0.15) is 18.1 Å². The first kappa shape index (κ1) is 18.2. The van der Waals surface area contributed by atoms with E-state index >= 15 is 0 Å². The normalized spacial score (nSPS) is 11.4. The predicted molar refractivity (Wildman–Crippen MR) is 102 cm³/mol. The van der Waals surface area contributed by atoms with E-state index in [1.807, 2.05) is 49.4 Å². The number of ether oxygens (including phenoxy) is 2. The minimum absolute atomic E-state index is 0.183. The molecule has 0 radical (unpaired) electrons. The lowest BCUT2D eigenvalue weighted by Crippen LogP contribution is -2.28. The topological polar surface area (TPSA) is 64.6 Å². The summed E-state index contributed by atoms with van der Waals surface area (Å²) < 4.78 is 38.1. The van der Waals surface area contributed by atoms with Crippen LogP contribution in [0.5, 0.6) is 11.5 Å². The first-order valence-corrected chi connectivity index (χ1v) is 9.91. The summed E-state index contributed by atoms with van der Waals surface area (Å²) in [7, 11) is -3.57. The average molecular weight is 371 g/mol. The molecule has 0 aromatic heterocycles. The Morgan fingerprint density at radius 1 is 0.846 bits per heavy atom. The second kappa shape index (κ2) is 8.21. The fraction of sp³-hybridized carbons (Fsp3) is 0.200. The van der Waals surface area contributed by atoms with Crippen molar-refractivity contribution in [3.8, 4) is 11.5 Å². The molecule has 0 fully saturated rings. The Bertz CT molecular complexity index is 969. The second-order valence-corrected chi connectivity index (χ2v) is 7.43. The molecule has 26 heavy (non-hydrogen) atoms. The minimum Gasteiger partial charge on any atom is -0.494 e. The van der Waals surface area contributed by atoms with Gasteiger partial charge in [-0.25, -0.2) is 13.1 Å². The monoisotopic (exact) mass is 371 g/mol. The van der Waals surface area contributed by atoms with E-state index in [0.29, 0.717) is 18.1 Å². The van der Waals surface area contributed by atoms with E-state index in [-0.39, 0.29) is 18.0 Å². The molecule has 0 atom stereocenters. The Labute approximate surface area is 153 Å². The van der Waals surface area contributed by atoms with Crippen molar-refractivity contribution < 1.29 is 17.9 Å². The Balaban J connectivity index is 1.54. The summed E-state index contributed by atoms with van der Waals surface area (Å²) in [4.78, 5) is 0.201. The van der Waals surface area contributed by atoms with Crippen LogP contribution in [0.15, 0.2) is 71.6 Å². The molecule has 3 aromatic carbocycles. The SMILES string of the molecule is CCOc1ccc(S(=O)(=O)NCCOc2ccc3ccccc3c2)cc1. The number of benzene rings is 3. The minimum atomic E-state index is -3.57. The van der Waals surface area contributed by atoms with Crippen molar-refractivity contribution in [3.63, 3.8) is 0 Å². The highest BCUT2D eigenvalue weighted by Gasteiger charge is 2.13. The smallest absolute Gasteiger partial charge is 0.240 e. The zero-order valence-corrected chi connectivity index (χ0v) is 15.3. The van der Waals surface area contributed by atoms with E-state index in [1.54, 1.807) is 12.1 Å². The van der Waals surface area contributed by atoms with Gasteiger partial charge in [0.15, 0.2) is 0 Å². The molecule has 0 saturated heterocycles. The Kier molecular flexibility index (Phi) is 5.75. The molecule has 0 saturated carbocycles. The summed E-state index contributed by atoms with van der Waals surface area (Å²) in [5.74, 6) is 1.36. The van der Waals surface area contributed by atoms with E-state index < -0.39 is 10.0 Å². The molecule has 1 N–H and O–H groups in total. The standard InChI is InChI=1S/C20H21NO4S/c1-2-24-18-9-11-20(12-10-18)26(22,23)21-13-14-25-19-8-7-16-5-3-4-6-17(16)15-19/h3-12,15,21H,2,13-14H2,1H3. The van der Waals surface area contributed by atoms with Crippen LogP contribution in [0.1, 0.15) is 6.92 Å². The largest absolute Gasteiger partial charge is 0.494 e. The maximum absolute atomic E-state index is 12.3. The lowest BCUT2D eigenvalue weighted by molar-refractivity contribution is 0.323. The highest BCUT2D eigenvalue weighted by atomic mass is 32.2. The molecule has 0 unspecified atom stereocenters. The van der Waals surface area contributed by atoms with Crippen LogP contribution in [0.3, 0.4) is 0 Å². The van der Waals surface area contributed by atoms with Crippen LogP contribution in [-0.4, -0.2) is 28.2 Å². The van der Waals surface area contributed by atoms with E-state index in [1.165, 1.54) is 12.1 Å². The number of hydrogen-bond donors (Lipinski definition) is 1. The van der Waals surface area contributed by atoms with Gasteiger partial charge in [-0.3, -0.25) is 0 Å². The summed E-state index contributed by atoms with van der Waals surface area (Å²) >= 11 is 0. The van der Waals surface area contributed by atoms with Crippen molar-refractivity contribution >= 4 is 20.8 Å². The number of hydrogen-bond acceptors (Lipinski definition) is 4. The van der Waals surface area contributed by atoms with Gasteiger partial charge in [0.05, 0.1) is 11.5 Å². The molecule has 5 nitrogen and oxygen atoms in total. The third-order valence-electron chi connectivity index (χ3n) is 3.83. The van der Waals surface area contributed by atoms with Gasteiger partial charge in [-0.15, -0.1) is 0 Å². The van der Waals surface area contributed by atoms with Crippen LogP contribution in [-0.2, 0) is 10.0 Å². The molecule has 0 aliphatic heterocycles. The molecule has 136 valence electrons. The number of nitrogens with one attached hydrogen (secondary N) is 1. The molecular weight excluding hydrogens is 350 g/mol. The quantitative estimate of drug-likeness (QED) is 0.615. The summed E-state index contributed by atoms with van der Waals surface area (Å²) in [6.45, 7) is 2.84. The lowest BCUT2D eigenvalue weighted by Gasteiger charge is -2.10. The molecule has 0 bridgehead atoms. The first-order valence-electron chi connectivity index (χ1n) is 8.42. The average Bonchev–Trinajstić information content (AvgIpc) is 2.66. The maximum atomic E-state index is 12.3. The van der Waals surface area contributed by atoms with E-state index in [4.69, 9.17) is 9.47 Å². The van der Waals surface area contributed by atoms with Gasteiger partial charge < -0.3 is 9.47 Å². The zero-order chi connectivity index (χ0) is 18.4. The van der Waals surface area contributed by atoms with Gasteiger partial charge in [-0.05, 0) is 54.1 Å². The van der Waals surface area contributed by atoms with E-state index in [0.717, 1.165) is 10.8 Å². The molecule has 0 spiro atoms. The highest BCUT2D eigenvalue weighted by Crippen LogP contribution is 2.20. The van der Waals surface area contributed by atoms with E-state index in [2.05, 4.69) is 4.72 Å². The Morgan fingerprint density at radius 2 is 1.54 bits per heavy atom. The summed E-state index contributed by atoms with van der Waals surface area (Å²) in [6, 6.07) is 20.1. The molecule has 0 aliphatic rings. The number of fused-ring (bicyclic) bond motifs is 1. The molecule has 0 aliphatic carbocycles. The van der Waals surface area contributed by atoms with Gasteiger partial charge >= 0.3 is 0 Å². The fourth-order valence-corrected chi connectivity index (χ4v) is 3.58. The van der Waals surface area contributed by atoms with Crippen molar-refractivity contribution in [2.45, 2.75) is 11.8 Å². The van der Waals surface area contributed by atoms with Crippen LogP contribution in [0.25, 0.3) is 10.8 Å². The van der Waals surface area contributed by atoms with Gasteiger partial charge in [0.25, 0.3) is 0 Å². The van der Waals surface area contributed by atoms with Crippen molar-refractivity contribution in [1.82, 2.24) is 4.72 Å². The van der Waals surface area contributed by atoms with Gasteiger partial charge in [-0.1, -0.05) is 30.3 Å². The van der Waals surface area contributed by atoms with Crippen LogP contribution in [0.4, 0.5) is 0 Å². The maximum Gasteiger partial charge on any atom is 0.240 e. The first-order chi connectivity index (χ1) is 12.6. The molecule has 3 rings (SSSR count). The Hall–Kier alpha value is -2.57. The van der Waals surface area contributed by atoms with Crippen LogP contribution >= 0.6 is 0 Å². The molecular formula is C20H21NO4S. The van der Waals surface area contributed by atoms with Gasteiger partial charge in [0, 0.05) is 6.54 Å². The summed E-state index contributed by atoms with van der Waals surface area (Å²) in [6.07, 6.45) is 0. The van der Waals surface area contributed by atoms with Crippen molar-refractivity contribution in [3.05, 3.63) is 66.7 Å². The van der Waals surface area contributed by atoms with Crippen molar-refractivity contribution in [1.29, 1.82) is 0 Å². The number of sulfonamides is 1. The fourth-order valence-electron chi connectivity index (χ4n) is 2.57. The predicted octanol–water partition coefficient (Wildman–Crippen LogP) is 3.60. The van der Waals surface area contributed by atoms with Crippen LogP contribution in [0, 0.1) is 0 Å².